The standard InChI is InChI=1S/C25H26N4O/c1-18-16-20-10-5-6-12-23(20)29(18)25(30)21-11-7-15-28(17-21)24-14-13-22(26-27-24)19-8-3-2-4-9-19/h2-6,8-10,12-14,18,21H,7,11,15-17H2,1H3. The van der Waals surface area contributed by atoms with Crippen molar-refractivity contribution in [2.75, 3.05) is 22.9 Å². The highest BCUT2D eigenvalue weighted by Crippen LogP contribution is 2.34. The van der Waals surface area contributed by atoms with Crippen molar-refractivity contribution in [3.63, 3.8) is 0 Å². The highest BCUT2D eigenvalue weighted by atomic mass is 16.2. The van der Waals surface area contributed by atoms with Gasteiger partial charge in [0.15, 0.2) is 5.82 Å². The lowest BCUT2D eigenvalue weighted by atomic mass is 9.96. The number of fused-ring (bicyclic) bond motifs is 1. The first-order chi connectivity index (χ1) is 14.7. The SMILES string of the molecule is CC1Cc2ccccc2N1C(=O)C1CCCN(c2ccc(-c3ccccc3)nn2)C1. The van der Waals surface area contributed by atoms with E-state index < -0.39 is 0 Å². The van der Waals surface area contributed by atoms with Crippen LogP contribution in [0, 0.1) is 5.92 Å². The fourth-order valence-electron chi connectivity index (χ4n) is 4.74. The molecule has 1 aromatic heterocycles. The van der Waals surface area contributed by atoms with E-state index in [4.69, 9.17) is 0 Å². The number of carbonyl (C=O) groups excluding carboxylic acids is 1. The summed E-state index contributed by atoms with van der Waals surface area (Å²) in [5.41, 5.74) is 4.28. The Balaban J connectivity index is 1.32. The second kappa shape index (κ2) is 7.90. The Kier molecular flexibility index (Phi) is 4.95. The topological polar surface area (TPSA) is 49.3 Å². The molecule has 5 heteroatoms. The van der Waals surface area contributed by atoms with Gasteiger partial charge in [0.25, 0.3) is 0 Å². The van der Waals surface area contributed by atoms with Gasteiger partial charge in [-0.25, -0.2) is 0 Å². The van der Waals surface area contributed by atoms with E-state index in [2.05, 4.69) is 40.2 Å². The summed E-state index contributed by atoms with van der Waals surface area (Å²) in [6, 6.07) is 22.6. The number of carbonyl (C=O) groups is 1. The van der Waals surface area contributed by atoms with Gasteiger partial charge in [-0.15, -0.1) is 10.2 Å². The molecule has 2 aromatic carbocycles. The molecule has 30 heavy (non-hydrogen) atoms. The molecule has 2 unspecified atom stereocenters. The van der Waals surface area contributed by atoms with Crippen LogP contribution in [0.2, 0.25) is 0 Å². The number of amides is 1. The summed E-state index contributed by atoms with van der Waals surface area (Å²) in [6.45, 7) is 3.76. The molecule has 0 radical (unpaired) electrons. The number of para-hydroxylation sites is 1. The highest BCUT2D eigenvalue weighted by Gasteiger charge is 2.36. The maximum atomic E-state index is 13.5. The van der Waals surface area contributed by atoms with Crippen molar-refractivity contribution in [2.45, 2.75) is 32.2 Å². The molecule has 2 atom stereocenters. The number of anilines is 2. The molecule has 0 aliphatic carbocycles. The molecule has 3 aromatic rings. The van der Waals surface area contributed by atoms with Crippen molar-refractivity contribution in [3.8, 4) is 11.3 Å². The molecule has 1 fully saturated rings. The van der Waals surface area contributed by atoms with E-state index in [-0.39, 0.29) is 17.9 Å². The fraction of sp³-hybridized carbons (Fsp3) is 0.320. The van der Waals surface area contributed by atoms with Gasteiger partial charge in [0, 0.05) is 30.4 Å². The summed E-state index contributed by atoms with van der Waals surface area (Å²) in [5.74, 6) is 1.08. The van der Waals surface area contributed by atoms with Crippen molar-refractivity contribution >= 4 is 17.4 Å². The van der Waals surface area contributed by atoms with Crippen molar-refractivity contribution in [1.82, 2.24) is 10.2 Å². The highest BCUT2D eigenvalue weighted by molar-refractivity contribution is 5.98. The van der Waals surface area contributed by atoms with Gasteiger partial charge in [-0.1, -0.05) is 48.5 Å². The van der Waals surface area contributed by atoms with Gasteiger partial charge in [-0.3, -0.25) is 4.79 Å². The van der Waals surface area contributed by atoms with Crippen LogP contribution in [0.5, 0.6) is 0 Å². The van der Waals surface area contributed by atoms with E-state index in [1.807, 2.05) is 53.4 Å². The molecule has 0 saturated carbocycles. The largest absolute Gasteiger partial charge is 0.354 e. The summed E-state index contributed by atoms with van der Waals surface area (Å²) in [7, 11) is 0. The molecule has 2 aliphatic heterocycles. The summed E-state index contributed by atoms with van der Waals surface area (Å²) in [5, 5.41) is 8.90. The Morgan fingerprint density at radius 3 is 2.57 bits per heavy atom. The molecule has 0 spiro atoms. The first-order valence-electron chi connectivity index (χ1n) is 10.8. The Hall–Kier alpha value is -3.21. The molecule has 1 amide bonds. The van der Waals surface area contributed by atoms with Gasteiger partial charge in [-0.05, 0) is 49.9 Å². The molecule has 5 rings (SSSR count). The van der Waals surface area contributed by atoms with Gasteiger partial charge in [-0.2, -0.15) is 0 Å². The maximum Gasteiger partial charge on any atom is 0.232 e. The smallest absolute Gasteiger partial charge is 0.232 e. The van der Waals surface area contributed by atoms with Crippen LogP contribution in [0.25, 0.3) is 11.3 Å². The predicted molar refractivity (Wildman–Crippen MR) is 119 cm³/mol. The lowest BCUT2D eigenvalue weighted by Gasteiger charge is -2.35. The van der Waals surface area contributed by atoms with Gasteiger partial charge in [0.2, 0.25) is 5.91 Å². The number of aromatic nitrogens is 2. The third-order valence-corrected chi connectivity index (χ3v) is 6.26. The van der Waals surface area contributed by atoms with E-state index in [1.165, 1.54) is 5.56 Å². The van der Waals surface area contributed by atoms with Crippen molar-refractivity contribution < 1.29 is 4.79 Å². The zero-order valence-electron chi connectivity index (χ0n) is 17.2. The van der Waals surface area contributed by atoms with E-state index >= 15 is 0 Å². The Labute approximate surface area is 177 Å². The van der Waals surface area contributed by atoms with E-state index in [9.17, 15) is 4.79 Å². The normalized spacial score (nSPS) is 20.8. The summed E-state index contributed by atoms with van der Waals surface area (Å²) >= 11 is 0. The van der Waals surface area contributed by atoms with Crippen LogP contribution >= 0.6 is 0 Å². The van der Waals surface area contributed by atoms with Gasteiger partial charge >= 0.3 is 0 Å². The first-order valence-corrected chi connectivity index (χ1v) is 10.8. The Morgan fingerprint density at radius 1 is 0.967 bits per heavy atom. The molecular formula is C25H26N4O. The second-order valence-corrected chi connectivity index (χ2v) is 8.32. The molecular weight excluding hydrogens is 372 g/mol. The molecule has 152 valence electrons. The van der Waals surface area contributed by atoms with Gasteiger partial charge < -0.3 is 9.80 Å². The second-order valence-electron chi connectivity index (χ2n) is 8.32. The van der Waals surface area contributed by atoms with Crippen LogP contribution in [0.4, 0.5) is 11.5 Å². The van der Waals surface area contributed by atoms with Crippen LogP contribution in [0.15, 0.2) is 66.7 Å². The van der Waals surface area contributed by atoms with Crippen LogP contribution in [-0.4, -0.2) is 35.2 Å². The summed E-state index contributed by atoms with van der Waals surface area (Å²) < 4.78 is 0. The lowest BCUT2D eigenvalue weighted by Crippen LogP contribution is -2.47. The number of rotatable bonds is 3. The van der Waals surface area contributed by atoms with Crippen molar-refractivity contribution in [3.05, 3.63) is 72.3 Å². The summed E-state index contributed by atoms with van der Waals surface area (Å²) in [6.07, 6.45) is 2.85. The number of hydrogen-bond donors (Lipinski definition) is 0. The molecule has 5 nitrogen and oxygen atoms in total. The first kappa shape index (κ1) is 18.8. The van der Waals surface area contributed by atoms with Crippen LogP contribution in [0.3, 0.4) is 0 Å². The average Bonchev–Trinajstić information content (AvgIpc) is 3.15. The van der Waals surface area contributed by atoms with Crippen molar-refractivity contribution in [1.29, 1.82) is 0 Å². The van der Waals surface area contributed by atoms with Crippen LogP contribution in [0.1, 0.15) is 25.3 Å². The molecule has 2 aliphatic rings. The molecule has 0 N–H and O–H groups in total. The van der Waals surface area contributed by atoms with Crippen LogP contribution < -0.4 is 9.80 Å². The van der Waals surface area contributed by atoms with E-state index in [1.54, 1.807) is 0 Å². The zero-order chi connectivity index (χ0) is 20.5. The minimum absolute atomic E-state index is 0.0112. The number of hydrogen-bond acceptors (Lipinski definition) is 4. The zero-order valence-corrected chi connectivity index (χ0v) is 17.2. The summed E-state index contributed by atoms with van der Waals surface area (Å²) in [4.78, 5) is 17.7. The van der Waals surface area contributed by atoms with Gasteiger partial charge in [0.1, 0.15) is 0 Å². The van der Waals surface area contributed by atoms with E-state index in [0.29, 0.717) is 6.54 Å². The molecule has 1 saturated heterocycles. The van der Waals surface area contributed by atoms with E-state index in [0.717, 1.165) is 48.6 Å². The third-order valence-electron chi connectivity index (χ3n) is 6.26. The maximum absolute atomic E-state index is 13.5. The van der Waals surface area contributed by atoms with Crippen LogP contribution in [-0.2, 0) is 11.2 Å². The van der Waals surface area contributed by atoms with Gasteiger partial charge in [0.05, 0.1) is 11.6 Å². The number of benzene rings is 2. The number of piperidine rings is 1. The third kappa shape index (κ3) is 3.45. The number of nitrogens with zero attached hydrogens (tertiary/aromatic N) is 4. The lowest BCUT2D eigenvalue weighted by molar-refractivity contribution is -0.122. The fourth-order valence-corrected chi connectivity index (χ4v) is 4.74. The minimum Gasteiger partial charge on any atom is -0.354 e. The van der Waals surface area contributed by atoms with Crippen molar-refractivity contribution in [2.24, 2.45) is 5.92 Å². The Morgan fingerprint density at radius 2 is 1.77 bits per heavy atom. The molecule has 3 heterocycles. The quantitative estimate of drug-likeness (QED) is 0.659. The average molecular weight is 399 g/mol. The predicted octanol–water partition coefficient (Wildman–Crippen LogP) is 4.34. The molecule has 0 bridgehead atoms. The minimum atomic E-state index is -0.0112. The monoisotopic (exact) mass is 398 g/mol. The Bertz CT molecular complexity index is 1030.